The molecule has 2 atom stereocenters. The number of aliphatic hydroxyl groups excluding tert-OH is 1. The van der Waals surface area contributed by atoms with Crippen molar-refractivity contribution in [2.45, 2.75) is 38.9 Å². The molecule has 1 aromatic heterocycles. The Morgan fingerprint density at radius 2 is 2.00 bits per heavy atom. The summed E-state index contributed by atoms with van der Waals surface area (Å²) in [5.41, 5.74) is 4.16. The quantitative estimate of drug-likeness (QED) is 0.767. The van der Waals surface area contributed by atoms with Crippen LogP contribution in [-0.2, 0) is 6.61 Å². The largest absolute Gasteiger partial charge is 0.573 e. The number of nitrogens with zero attached hydrogens (tertiary/aromatic N) is 2. The van der Waals surface area contributed by atoms with Crippen molar-refractivity contribution in [1.29, 1.82) is 0 Å². The van der Waals surface area contributed by atoms with Crippen LogP contribution in [0.4, 0.5) is 13.2 Å². The number of aliphatic hydroxyl groups is 1. The van der Waals surface area contributed by atoms with Gasteiger partial charge in [-0.15, -0.1) is 13.2 Å². The van der Waals surface area contributed by atoms with E-state index in [1.54, 1.807) is 13.8 Å². The highest BCUT2D eigenvalue weighted by Crippen LogP contribution is 2.29. The number of benzene rings is 1. The molecule has 140 valence electrons. The number of carbonyl (C=O) groups is 1. The van der Waals surface area contributed by atoms with Crippen LogP contribution in [0.25, 0.3) is 0 Å². The van der Waals surface area contributed by atoms with Crippen molar-refractivity contribution in [3.63, 3.8) is 0 Å². The molecular formula is C16H17F3N4O3. The molecule has 0 saturated carbocycles. The van der Waals surface area contributed by atoms with Crippen LogP contribution < -0.4 is 15.5 Å². The number of rotatable bonds is 4. The topological polar surface area (TPSA) is 88.4 Å². The van der Waals surface area contributed by atoms with Crippen molar-refractivity contribution in [2.24, 2.45) is 0 Å². The predicted molar refractivity (Wildman–Crippen MR) is 85.1 cm³/mol. The molecule has 0 fully saturated rings. The van der Waals surface area contributed by atoms with Gasteiger partial charge >= 0.3 is 6.36 Å². The van der Waals surface area contributed by atoms with E-state index < -0.39 is 13.0 Å². The van der Waals surface area contributed by atoms with Crippen LogP contribution in [0.5, 0.6) is 5.75 Å². The molecule has 1 aliphatic heterocycles. The Bertz CT molecular complexity index is 817. The Hall–Kier alpha value is -2.75. The Labute approximate surface area is 146 Å². The Balaban J connectivity index is 1.93. The van der Waals surface area contributed by atoms with Crippen LogP contribution in [0.15, 0.2) is 24.3 Å². The number of amides is 1. The molecule has 7 nitrogen and oxygen atoms in total. The van der Waals surface area contributed by atoms with Crippen LogP contribution in [-0.4, -0.2) is 33.2 Å². The minimum Gasteiger partial charge on any atom is -0.406 e. The van der Waals surface area contributed by atoms with Gasteiger partial charge in [0.2, 0.25) is 0 Å². The SMILES string of the molecule is CC1NC(=O)c2c(CO)nc(C(C)c3ccc(OC(F)(F)F)cc3)n2N1. The number of aromatic nitrogens is 2. The van der Waals surface area contributed by atoms with E-state index in [1.807, 2.05) is 0 Å². The summed E-state index contributed by atoms with van der Waals surface area (Å²) in [6.45, 7) is 3.14. The summed E-state index contributed by atoms with van der Waals surface area (Å²) in [6, 6.07) is 5.43. The Morgan fingerprint density at radius 3 is 2.58 bits per heavy atom. The molecule has 2 heterocycles. The number of carbonyl (C=O) groups excluding carboxylic acids is 1. The molecule has 2 aromatic rings. The van der Waals surface area contributed by atoms with Crippen LogP contribution >= 0.6 is 0 Å². The van der Waals surface area contributed by atoms with Gasteiger partial charge in [-0.1, -0.05) is 19.1 Å². The standard InChI is InChI=1S/C16H17F3N4O3/c1-8(10-3-5-11(6-4-10)26-16(17,18)19)14-21-12(7-24)13-15(25)20-9(2)22-23(13)14/h3-6,8-9,22,24H,7H2,1-2H3,(H,20,25). The number of fused-ring (bicyclic) bond motifs is 1. The van der Waals surface area contributed by atoms with Gasteiger partial charge in [-0.05, 0) is 24.6 Å². The van der Waals surface area contributed by atoms with Crippen molar-refractivity contribution in [3.05, 3.63) is 47.0 Å². The van der Waals surface area contributed by atoms with Crippen molar-refractivity contribution < 1.29 is 27.8 Å². The molecule has 0 saturated heterocycles. The molecule has 3 rings (SSSR count). The third-order valence-corrected chi connectivity index (χ3v) is 4.01. The van der Waals surface area contributed by atoms with Crippen molar-refractivity contribution in [1.82, 2.24) is 15.0 Å². The highest BCUT2D eigenvalue weighted by molar-refractivity contribution is 5.95. The van der Waals surface area contributed by atoms with E-state index in [-0.39, 0.29) is 35.1 Å². The summed E-state index contributed by atoms with van der Waals surface area (Å²) < 4.78 is 42.2. The molecule has 0 aliphatic carbocycles. The van der Waals surface area contributed by atoms with Gasteiger partial charge in [0.15, 0.2) is 5.69 Å². The molecule has 2 unspecified atom stereocenters. The first-order valence-electron chi connectivity index (χ1n) is 7.85. The highest BCUT2D eigenvalue weighted by Gasteiger charge is 2.32. The minimum atomic E-state index is -4.75. The predicted octanol–water partition coefficient (Wildman–Crippen LogP) is 2.06. The van der Waals surface area contributed by atoms with E-state index in [4.69, 9.17) is 0 Å². The normalized spacial score (nSPS) is 17.9. The van der Waals surface area contributed by atoms with E-state index in [1.165, 1.54) is 28.9 Å². The first kappa shape index (κ1) is 18.1. The molecule has 10 heteroatoms. The van der Waals surface area contributed by atoms with Gasteiger partial charge in [-0.25, -0.2) is 9.66 Å². The number of hydrogen-bond acceptors (Lipinski definition) is 5. The lowest BCUT2D eigenvalue weighted by Gasteiger charge is -2.27. The van der Waals surface area contributed by atoms with Gasteiger partial charge in [-0.2, -0.15) is 0 Å². The zero-order chi connectivity index (χ0) is 19.1. The fourth-order valence-electron chi connectivity index (χ4n) is 2.85. The molecule has 1 amide bonds. The number of hydrogen-bond donors (Lipinski definition) is 3. The summed E-state index contributed by atoms with van der Waals surface area (Å²) in [4.78, 5) is 16.5. The van der Waals surface area contributed by atoms with E-state index in [2.05, 4.69) is 20.5 Å². The minimum absolute atomic E-state index is 0.212. The molecule has 0 radical (unpaired) electrons. The monoisotopic (exact) mass is 370 g/mol. The van der Waals surface area contributed by atoms with Gasteiger partial charge in [0.1, 0.15) is 17.7 Å². The van der Waals surface area contributed by atoms with Gasteiger partial charge in [0, 0.05) is 5.92 Å². The first-order chi connectivity index (χ1) is 12.2. The summed E-state index contributed by atoms with van der Waals surface area (Å²) >= 11 is 0. The van der Waals surface area contributed by atoms with Crippen LogP contribution in [0, 0.1) is 0 Å². The van der Waals surface area contributed by atoms with E-state index in [9.17, 15) is 23.1 Å². The third kappa shape index (κ3) is 3.45. The molecule has 1 aromatic carbocycles. The lowest BCUT2D eigenvalue weighted by molar-refractivity contribution is -0.274. The maximum atomic E-state index is 12.3. The molecule has 0 bridgehead atoms. The van der Waals surface area contributed by atoms with Crippen molar-refractivity contribution in [2.75, 3.05) is 5.43 Å². The summed E-state index contributed by atoms with van der Waals surface area (Å²) in [6.07, 6.45) is -5.09. The first-order valence-corrected chi connectivity index (χ1v) is 7.85. The summed E-state index contributed by atoms with van der Waals surface area (Å²) in [5.74, 6) is -0.559. The zero-order valence-corrected chi connectivity index (χ0v) is 14.0. The van der Waals surface area contributed by atoms with Gasteiger partial charge in [-0.3, -0.25) is 4.79 Å². The maximum absolute atomic E-state index is 12.3. The fourth-order valence-corrected chi connectivity index (χ4v) is 2.85. The van der Waals surface area contributed by atoms with Crippen molar-refractivity contribution in [3.8, 4) is 5.75 Å². The Kier molecular flexibility index (Phi) is 4.53. The molecule has 26 heavy (non-hydrogen) atoms. The number of halogens is 3. The third-order valence-electron chi connectivity index (χ3n) is 4.01. The summed E-state index contributed by atoms with van der Waals surface area (Å²) in [7, 11) is 0. The average molecular weight is 370 g/mol. The van der Waals surface area contributed by atoms with E-state index in [0.717, 1.165) is 0 Å². The van der Waals surface area contributed by atoms with Crippen LogP contribution in [0.2, 0.25) is 0 Å². The van der Waals surface area contributed by atoms with Gasteiger partial charge < -0.3 is 20.6 Å². The second-order valence-electron chi connectivity index (χ2n) is 5.92. The maximum Gasteiger partial charge on any atom is 0.573 e. The molecular weight excluding hydrogens is 353 g/mol. The van der Waals surface area contributed by atoms with E-state index in [0.29, 0.717) is 11.4 Å². The highest BCUT2D eigenvalue weighted by atomic mass is 19.4. The van der Waals surface area contributed by atoms with Gasteiger partial charge in [0.05, 0.1) is 12.3 Å². The number of imidazole rings is 1. The fraction of sp³-hybridized carbons (Fsp3) is 0.375. The second kappa shape index (κ2) is 6.52. The smallest absolute Gasteiger partial charge is 0.406 e. The van der Waals surface area contributed by atoms with Crippen LogP contribution in [0.1, 0.15) is 47.3 Å². The Morgan fingerprint density at radius 1 is 1.35 bits per heavy atom. The van der Waals surface area contributed by atoms with E-state index >= 15 is 0 Å². The number of nitrogens with one attached hydrogen (secondary N) is 2. The lowest BCUT2D eigenvalue weighted by Crippen LogP contribution is -2.49. The number of alkyl halides is 3. The molecule has 3 N–H and O–H groups in total. The average Bonchev–Trinajstić information content (AvgIpc) is 2.92. The second-order valence-corrected chi connectivity index (χ2v) is 5.92. The van der Waals surface area contributed by atoms with Crippen LogP contribution in [0.3, 0.4) is 0 Å². The molecule has 0 spiro atoms. The lowest BCUT2D eigenvalue weighted by atomic mass is 10.0. The number of ether oxygens (including phenoxy) is 1. The van der Waals surface area contributed by atoms with Gasteiger partial charge in [0.25, 0.3) is 5.91 Å². The molecule has 1 aliphatic rings. The summed E-state index contributed by atoms with van der Waals surface area (Å²) in [5, 5.41) is 12.2. The van der Waals surface area contributed by atoms with Crippen molar-refractivity contribution >= 4 is 5.91 Å². The zero-order valence-electron chi connectivity index (χ0n) is 14.0.